The number of carbonyl (C=O) groups is 1. The SMILES string of the molecule is CCNC(=NCc1ccc(S(C)(=O)=O)c(C)c1)NCCCCCCC(=O)OC.I. The number of carbonyl (C=O) groups excluding carboxylic acids is 1. The number of rotatable bonds is 11. The van der Waals surface area contributed by atoms with Crippen molar-refractivity contribution in [2.24, 2.45) is 4.99 Å². The number of methoxy groups -OCH3 is 1. The normalized spacial score (nSPS) is 11.5. The summed E-state index contributed by atoms with van der Waals surface area (Å²) >= 11 is 0. The van der Waals surface area contributed by atoms with Crippen molar-refractivity contribution < 1.29 is 17.9 Å². The minimum Gasteiger partial charge on any atom is -0.469 e. The van der Waals surface area contributed by atoms with Crippen LogP contribution in [-0.2, 0) is 25.9 Å². The molecular weight excluding hydrogens is 505 g/mol. The zero-order chi connectivity index (χ0) is 21.0. The topological polar surface area (TPSA) is 96.9 Å². The number of aliphatic imine (C=N–C) groups is 1. The number of hydrogen-bond acceptors (Lipinski definition) is 5. The van der Waals surface area contributed by atoms with Crippen LogP contribution in [0.4, 0.5) is 0 Å². The van der Waals surface area contributed by atoms with Crippen molar-refractivity contribution in [3.63, 3.8) is 0 Å². The number of benzene rings is 1. The largest absolute Gasteiger partial charge is 0.469 e. The predicted octanol–water partition coefficient (Wildman–Crippen LogP) is 3.20. The maximum absolute atomic E-state index is 11.7. The van der Waals surface area contributed by atoms with E-state index in [1.165, 1.54) is 13.4 Å². The molecule has 0 saturated carbocycles. The highest BCUT2D eigenvalue weighted by atomic mass is 127. The highest BCUT2D eigenvalue weighted by Crippen LogP contribution is 2.17. The first kappa shape index (κ1) is 27.6. The molecule has 0 amide bonds. The summed E-state index contributed by atoms with van der Waals surface area (Å²) in [7, 11) is -1.79. The molecule has 29 heavy (non-hydrogen) atoms. The fourth-order valence-corrected chi connectivity index (χ4v) is 3.75. The number of sulfone groups is 1. The molecule has 0 aliphatic heterocycles. The molecule has 9 heteroatoms. The van der Waals surface area contributed by atoms with Gasteiger partial charge < -0.3 is 15.4 Å². The van der Waals surface area contributed by atoms with Gasteiger partial charge in [-0.25, -0.2) is 13.4 Å². The lowest BCUT2D eigenvalue weighted by Crippen LogP contribution is -2.37. The zero-order valence-electron chi connectivity index (χ0n) is 17.8. The van der Waals surface area contributed by atoms with Gasteiger partial charge in [-0.05, 0) is 43.9 Å². The van der Waals surface area contributed by atoms with Crippen LogP contribution in [0.2, 0.25) is 0 Å². The summed E-state index contributed by atoms with van der Waals surface area (Å²) in [5.41, 5.74) is 1.70. The molecule has 0 aliphatic carbocycles. The summed E-state index contributed by atoms with van der Waals surface area (Å²) in [6.07, 6.45) is 5.57. The summed E-state index contributed by atoms with van der Waals surface area (Å²) in [6, 6.07) is 5.31. The highest BCUT2D eigenvalue weighted by Gasteiger charge is 2.10. The van der Waals surface area contributed by atoms with Crippen LogP contribution in [0.25, 0.3) is 0 Å². The van der Waals surface area contributed by atoms with E-state index < -0.39 is 9.84 Å². The summed E-state index contributed by atoms with van der Waals surface area (Å²) < 4.78 is 28.0. The molecule has 0 spiro atoms. The van der Waals surface area contributed by atoms with E-state index in [0.29, 0.717) is 17.9 Å². The average molecular weight is 539 g/mol. The highest BCUT2D eigenvalue weighted by molar-refractivity contribution is 14.0. The third-order valence-electron chi connectivity index (χ3n) is 4.23. The fraction of sp³-hybridized carbons (Fsp3) is 0.600. The number of unbranched alkanes of at least 4 members (excludes halogenated alkanes) is 3. The van der Waals surface area contributed by atoms with E-state index in [0.717, 1.165) is 55.9 Å². The van der Waals surface area contributed by atoms with Crippen molar-refractivity contribution in [2.75, 3.05) is 26.5 Å². The third kappa shape index (κ3) is 11.4. The second-order valence-corrected chi connectivity index (χ2v) is 8.72. The molecule has 166 valence electrons. The van der Waals surface area contributed by atoms with Gasteiger partial charge in [-0.2, -0.15) is 0 Å². The van der Waals surface area contributed by atoms with Crippen LogP contribution in [0.5, 0.6) is 0 Å². The van der Waals surface area contributed by atoms with Crippen molar-refractivity contribution >= 4 is 45.7 Å². The Kier molecular flexibility index (Phi) is 13.9. The number of nitrogens with one attached hydrogen (secondary N) is 2. The van der Waals surface area contributed by atoms with Gasteiger partial charge in [0.15, 0.2) is 15.8 Å². The molecule has 0 fully saturated rings. The van der Waals surface area contributed by atoms with Crippen LogP contribution >= 0.6 is 24.0 Å². The van der Waals surface area contributed by atoms with E-state index in [-0.39, 0.29) is 29.9 Å². The number of guanidine groups is 1. The lowest BCUT2D eigenvalue weighted by atomic mass is 10.1. The van der Waals surface area contributed by atoms with Gasteiger partial charge in [0.25, 0.3) is 0 Å². The second-order valence-electron chi connectivity index (χ2n) is 6.73. The number of nitrogens with zero attached hydrogens (tertiary/aromatic N) is 1. The van der Waals surface area contributed by atoms with Crippen LogP contribution in [0, 0.1) is 6.92 Å². The Hall–Kier alpha value is -1.36. The van der Waals surface area contributed by atoms with Crippen molar-refractivity contribution in [3.8, 4) is 0 Å². The van der Waals surface area contributed by atoms with E-state index in [1.807, 2.05) is 13.0 Å². The van der Waals surface area contributed by atoms with E-state index in [2.05, 4.69) is 20.4 Å². The fourth-order valence-electron chi connectivity index (χ4n) is 2.79. The summed E-state index contributed by atoms with van der Waals surface area (Å²) in [5.74, 6) is 0.585. The molecule has 0 aromatic heterocycles. The Labute approximate surface area is 192 Å². The Balaban J connectivity index is 0.00000784. The van der Waals surface area contributed by atoms with Gasteiger partial charge in [-0.1, -0.05) is 25.0 Å². The second kappa shape index (κ2) is 14.6. The standard InChI is InChI=1S/C20H33N3O4S.HI/c1-5-21-20(22-13-9-7-6-8-10-19(24)27-3)23-15-17-11-12-18(16(2)14-17)28(4,25)26;/h11-12,14H,5-10,13,15H2,1-4H3,(H2,21,22,23);1H. The molecule has 7 nitrogen and oxygen atoms in total. The molecule has 0 heterocycles. The number of hydrogen-bond donors (Lipinski definition) is 2. The minimum atomic E-state index is -3.20. The minimum absolute atomic E-state index is 0. The van der Waals surface area contributed by atoms with E-state index in [1.54, 1.807) is 19.1 Å². The van der Waals surface area contributed by atoms with Gasteiger partial charge in [0.05, 0.1) is 18.6 Å². The monoisotopic (exact) mass is 539 g/mol. The molecule has 1 rings (SSSR count). The number of halogens is 1. The summed E-state index contributed by atoms with van der Waals surface area (Å²) in [5, 5.41) is 6.51. The smallest absolute Gasteiger partial charge is 0.305 e. The zero-order valence-corrected chi connectivity index (χ0v) is 20.9. The molecule has 0 atom stereocenters. The van der Waals surface area contributed by atoms with Crippen LogP contribution in [0.1, 0.15) is 50.2 Å². The molecule has 0 saturated heterocycles. The molecule has 0 radical (unpaired) electrons. The van der Waals surface area contributed by atoms with Gasteiger partial charge in [0, 0.05) is 25.8 Å². The van der Waals surface area contributed by atoms with Crippen LogP contribution in [-0.4, -0.2) is 46.8 Å². The molecule has 0 aliphatic rings. The van der Waals surface area contributed by atoms with Crippen molar-refractivity contribution in [1.29, 1.82) is 0 Å². The molecule has 0 bridgehead atoms. The van der Waals surface area contributed by atoms with Crippen LogP contribution < -0.4 is 10.6 Å². The number of esters is 1. The Bertz CT molecular complexity index is 767. The quantitative estimate of drug-likeness (QED) is 0.148. The Morgan fingerprint density at radius 2 is 1.83 bits per heavy atom. The molecule has 1 aromatic carbocycles. The lowest BCUT2D eigenvalue weighted by Gasteiger charge is -2.12. The van der Waals surface area contributed by atoms with Gasteiger partial charge in [-0.3, -0.25) is 4.79 Å². The first-order valence-corrected chi connectivity index (χ1v) is 11.6. The van der Waals surface area contributed by atoms with Gasteiger partial charge >= 0.3 is 5.97 Å². The first-order valence-electron chi connectivity index (χ1n) is 9.66. The van der Waals surface area contributed by atoms with Crippen molar-refractivity contribution in [2.45, 2.75) is 57.4 Å². The summed E-state index contributed by atoms with van der Waals surface area (Å²) in [4.78, 5) is 16.0. The molecular formula is C20H34IN3O4S. The van der Waals surface area contributed by atoms with Gasteiger partial charge in [0.1, 0.15) is 0 Å². The first-order chi connectivity index (χ1) is 13.3. The predicted molar refractivity (Wildman–Crippen MR) is 128 cm³/mol. The Morgan fingerprint density at radius 3 is 2.41 bits per heavy atom. The number of ether oxygens (including phenoxy) is 1. The lowest BCUT2D eigenvalue weighted by molar-refractivity contribution is -0.140. The van der Waals surface area contributed by atoms with Crippen molar-refractivity contribution in [1.82, 2.24) is 10.6 Å². The molecule has 1 aromatic rings. The maximum atomic E-state index is 11.7. The van der Waals surface area contributed by atoms with Gasteiger partial charge in [0.2, 0.25) is 0 Å². The van der Waals surface area contributed by atoms with E-state index >= 15 is 0 Å². The molecule has 0 unspecified atom stereocenters. The summed E-state index contributed by atoms with van der Waals surface area (Å²) in [6.45, 7) is 5.84. The third-order valence-corrected chi connectivity index (χ3v) is 5.49. The molecule has 2 N–H and O–H groups in total. The number of aryl methyl sites for hydroxylation is 1. The van der Waals surface area contributed by atoms with Gasteiger partial charge in [-0.15, -0.1) is 24.0 Å². The van der Waals surface area contributed by atoms with Crippen molar-refractivity contribution in [3.05, 3.63) is 29.3 Å². The van der Waals surface area contributed by atoms with Crippen LogP contribution in [0.15, 0.2) is 28.1 Å². The van der Waals surface area contributed by atoms with E-state index in [9.17, 15) is 13.2 Å². The Morgan fingerprint density at radius 1 is 1.14 bits per heavy atom. The van der Waals surface area contributed by atoms with E-state index in [4.69, 9.17) is 0 Å². The van der Waals surface area contributed by atoms with Crippen LogP contribution in [0.3, 0.4) is 0 Å². The maximum Gasteiger partial charge on any atom is 0.305 e. The average Bonchev–Trinajstić information content (AvgIpc) is 2.63.